The van der Waals surface area contributed by atoms with E-state index in [2.05, 4.69) is 15.3 Å². The number of nitrogens with zero attached hydrogens (tertiary/aromatic N) is 2. The van der Waals surface area contributed by atoms with Crippen LogP contribution < -0.4 is 10.1 Å². The Morgan fingerprint density at radius 3 is 3.06 bits per heavy atom. The fourth-order valence-corrected chi connectivity index (χ4v) is 1.83. The number of ether oxygens (including phenoxy) is 1. The molecule has 0 radical (unpaired) electrons. The molecule has 0 amide bonds. The third-order valence-corrected chi connectivity index (χ3v) is 2.98. The second-order valence-corrected chi connectivity index (χ2v) is 4.16. The SMILES string of the molecule is CCOc1ccnc(NCCC2CCC2)n1. The summed E-state index contributed by atoms with van der Waals surface area (Å²) in [6.07, 6.45) is 7.13. The van der Waals surface area contributed by atoms with Gasteiger partial charge >= 0.3 is 0 Å². The van der Waals surface area contributed by atoms with Crippen molar-refractivity contribution in [3.8, 4) is 5.88 Å². The van der Waals surface area contributed by atoms with Crippen LogP contribution in [-0.4, -0.2) is 23.1 Å². The van der Waals surface area contributed by atoms with Crippen LogP contribution >= 0.6 is 0 Å². The first kappa shape index (κ1) is 11.2. The molecular formula is C12H19N3O. The number of anilines is 1. The molecule has 4 nitrogen and oxygen atoms in total. The molecule has 2 rings (SSSR count). The average molecular weight is 221 g/mol. The van der Waals surface area contributed by atoms with E-state index in [1.54, 1.807) is 12.3 Å². The lowest BCUT2D eigenvalue weighted by Crippen LogP contribution is -2.16. The van der Waals surface area contributed by atoms with E-state index in [1.807, 2.05) is 6.92 Å². The summed E-state index contributed by atoms with van der Waals surface area (Å²) in [7, 11) is 0. The van der Waals surface area contributed by atoms with Crippen molar-refractivity contribution in [2.24, 2.45) is 5.92 Å². The summed E-state index contributed by atoms with van der Waals surface area (Å²) in [6, 6.07) is 1.78. The molecule has 0 bridgehead atoms. The Bertz CT molecular complexity index is 326. The van der Waals surface area contributed by atoms with Gasteiger partial charge in [-0.2, -0.15) is 4.98 Å². The van der Waals surface area contributed by atoms with Gasteiger partial charge in [-0.1, -0.05) is 19.3 Å². The second-order valence-electron chi connectivity index (χ2n) is 4.16. The molecule has 1 heterocycles. The third-order valence-electron chi connectivity index (χ3n) is 2.98. The monoisotopic (exact) mass is 221 g/mol. The Labute approximate surface area is 96.4 Å². The van der Waals surface area contributed by atoms with Crippen molar-refractivity contribution in [2.45, 2.75) is 32.6 Å². The van der Waals surface area contributed by atoms with Crippen molar-refractivity contribution < 1.29 is 4.74 Å². The van der Waals surface area contributed by atoms with Crippen molar-refractivity contribution in [1.29, 1.82) is 0 Å². The lowest BCUT2D eigenvalue weighted by atomic mass is 9.83. The zero-order chi connectivity index (χ0) is 11.2. The Morgan fingerprint density at radius 2 is 2.38 bits per heavy atom. The molecule has 0 aromatic carbocycles. The van der Waals surface area contributed by atoms with Crippen molar-refractivity contribution in [3.05, 3.63) is 12.3 Å². The number of rotatable bonds is 6. The first-order chi connectivity index (χ1) is 7.88. The van der Waals surface area contributed by atoms with Crippen LogP contribution in [0.5, 0.6) is 5.88 Å². The molecule has 1 aliphatic carbocycles. The first-order valence-corrected chi connectivity index (χ1v) is 6.08. The molecule has 1 aromatic rings. The maximum Gasteiger partial charge on any atom is 0.225 e. The quantitative estimate of drug-likeness (QED) is 0.801. The molecule has 4 heteroatoms. The maximum atomic E-state index is 5.32. The molecule has 1 N–H and O–H groups in total. The fourth-order valence-electron chi connectivity index (χ4n) is 1.83. The molecular weight excluding hydrogens is 202 g/mol. The predicted molar refractivity (Wildman–Crippen MR) is 63.6 cm³/mol. The Balaban J connectivity index is 1.76. The summed E-state index contributed by atoms with van der Waals surface area (Å²) in [4.78, 5) is 8.42. The van der Waals surface area contributed by atoms with Crippen LogP contribution in [0, 0.1) is 5.92 Å². The van der Waals surface area contributed by atoms with Gasteiger partial charge in [0.1, 0.15) is 0 Å². The predicted octanol–water partition coefficient (Wildman–Crippen LogP) is 2.48. The van der Waals surface area contributed by atoms with Gasteiger partial charge in [-0.15, -0.1) is 0 Å². The Morgan fingerprint density at radius 1 is 1.50 bits per heavy atom. The standard InChI is InChI=1S/C12H19N3O/c1-2-16-11-7-9-14-12(15-11)13-8-6-10-4-3-5-10/h7,9-10H,2-6,8H2,1H3,(H,13,14,15). The van der Waals surface area contributed by atoms with E-state index in [4.69, 9.17) is 4.74 Å². The largest absolute Gasteiger partial charge is 0.478 e. The highest BCUT2D eigenvalue weighted by atomic mass is 16.5. The van der Waals surface area contributed by atoms with E-state index in [1.165, 1.54) is 25.7 Å². The molecule has 0 unspecified atom stereocenters. The van der Waals surface area contributed by atoms with Crippen LogP contribution in [0.2, 0.25) is 0 Å². The average Bonchev–Trinajstić information content (AvgIpc) is 2.23. The zero-order valence-corrected chi connectivity index (χ0v) is 9.78. The van der Waals surface area contributed by atoms with Crippen LogP contribution in [0.1, 0.15) is 32.6 Å². The number of aromatic nitrogens is 2. The van der Waals surface area contributed by atoms with Crippen molar-refractivity contribution >= 4 is 5.95 Å². The van der Waals surface area contributed by atoms with E-state index < -0.39 is 0 Å². The van der Waals surface area contributed by atoms with Crippen LogP contribution in [0.25, 0.3) is 0 Å². The van der Waals surface area contributed by atoms with E-state index in [0.717, 1.165) is 12.5 Å². The normalized spacial score (nSPS) is 15.6. The highest BCUT2D eigenvalue weighted by molar-refractivity contribution is 5.27. The van der Waals surface area contributed by atoms with Gasteiger partial charge in [0, 0.05) is 18.8 Å². The fraction of sp³-hybridized carbons (Fsp3) is 0.667. The molecule has 0 spiro atoms. The lowest BCUT2D eigenvalue weighted by molar-refractivity contribution is 0.302. The Hall–Kier alpha value is -1.32. The minimum Gasteiger partial charge on any atom is -0.478 e. The number of hydrogen-bond acceptors (Lipinski definition) is 4. The maximum absolute atomic E-state index is 5.32. The summed E-state index contributed by atoms with van der Waals surface area (Å²) >= 11 is 0. The molecule has 1 aliphatic rings. The molecule has 16 heavy (non-hydrogen) atoms. The van der Waals surface area contributed by atoms with E-state index in [-0.39, 0.29) is 0 Å². The number of hydrogen-bond donors (Lipinski definition) is 1. The topological polar surface area (TPSA) is 47.0 Å². The Kier molecular flexibility index (Phi) is 3.97. The third kappa shape index (κ3) is 3.08. The van der Waals surface area contributed by atoms with Gasteiger partial charge in [-0.25, -0.2) is 4.98 Å². The van der Waals surface area contributed by atoms with Crippen LogP contribution in [-0.2, 0) is 0 Å². The van der Waals surface area contributed by atoms with E-state index in [9.17, 15) is 0 Å². The van der Waals surface area contributed by atoms with Gasteiger partial charge in [0.25, 0.3) is 0 Å². The van der Waals surface area contributed by atoms with Gasteiger partial charge < -0.3 is 10.1 Å². The molecule has 0 aliphatic heterocycles. The molecule has 0 saturated heterocycles. The minimum absolute atomic E-state index is 0.637. The smallest absolute Gasteiger partial charge is 0.225 e. The van der Waals surface area contributed by atoms with Gasteiger partial charge in [-0.3, -0.25) is 0 Å². The van der Waals surface area contributed by atoms with E-state index in [0.29, 0.717) is 18.4 Å². The molecule has 1 aromatic heterocycles. The zero-order valence-electron chi connectivity index (χ0n) is 9.78. The van der Waals surface area contributed by atoms with Crippen molar-refractivity contribution in [3.63, 3.8) is 0 Å². The number of nitrogens with one attached hydrogen (secondary N) is 1. The highest BCUT2D eigenvalue weighted by Gasteiger charge is 2.16. The highest BCUT2D eigenvalue weighted by Crippen LogP contribution is 2.28. The first-order valence-electron chi connectivity index (χ1n) is 6.08. The van der Waals surface area contributed by atoms with Crippen LogP contribution in [0.4, 0.5) is 5.95 Å². The van der Waals surface area contributed by atoms with Gasteiger partial charge in [0.2, 0.25) is 11.8 Å². The van der Waals surface area contributed by atoms with Crippen LogP contribution in [0.15, 0.2) is 12.3 Å². The summed E-state index contributed by atoms with van der Waals surface area (Å²) in [5.41, 5.74) is 0. The van der Waals surface area contributed by atoms with Crippen LogP contribution in [0.3, 0.4) is 0 Å². The summed E-state index contributed by atoms with van der Waals surface area (Å²) in [5.74, 6) is 2.23. The van der Waals surface area contributed by atoms with Crippen molar-refractivity contribution in [2.75, 3.05) is 18.5 Å². The molecule has 88 valence electrons. The summed E-state index contributed by atoms with van der Waals surface area (Å²) in [5, 5.41) is 3.24. The molecule has 0 atom stereocenters. The minimum atomic E-state index is 0.637. The molecule has 1 saturated carbocycles. The van der Waals surface area contributed by atoms with Gasteiger partial charge in [0.05, 0.1) is 6.61 Å². The van der Waals surface area contributed by atoms with Gasteiger partial charge in [0.15, 0.2) is 0 Å². The summed E-state index contributed by atoms with van der Waals surface area (Å²) in [6.45, 7) is 3.55. The molecule has 1 fully saturated rings. The van der Waals surface area contributed by atoms with E-state index >= 15 is 0 Å². The van der Waals surface area contributed by atoms with Gasteiger partial charge in [-0.05, 0) is 19.3 Å². The lowest BCUT2D eigenvalue weighted by Gasteiger charge is -2.25. The van der Waals surface area contributed by atoms with Crippen molar-refractivity contribution in [1.82, 2.24) is 9.97 Å². The second kappa shape index (κ2) is 5.68. The summed E-state index contributed by atoms with van der Waals surface area (Å²) < 4.78 is 5.32.